The number of ether oxygens (including phenoxy) is 1. The Morgan fingerprint density at radius 3 is 2.96 bits per heavy atom. The molecule has 3 rings (SSSR count). The van der Waals surface area contributed by atoms with E-state index in [2.05, 4.69) is 25.4 Å². The van der Waals surface area contributed by atoms with Gasteiger partial charge in [-0.2, -0.15) is 9.97 Å². The van der Waals surface area contributed by atoms with Crippen molar-refractivity contribution in [2.45, 2.75) is 24.9 Å². The maximum atomic E-state index is 9.96. The Balaban J connectivity index is 2.02. The first-order valence-corrected chi connectivity index (χ1v) is 7.72. The summed E-state index contributed by atoms with van der Waals surface area (Å²) in [6, 6.07) is 0. The van der Waals surface area contributed by atoms with Gasteiger partial charge in [0.2, 0.25) is 0 Å². The minimum absolute atomic E-state index is 0.222. The molecule has 1 aliphatic rings. The third kappa shape index (κ3) is 3.54. The van der Waals surface area contributed by atoms with E-state index in [1.807, 2.05) is 14.1 Å². The zero-order valence-electron chi connectivity index (χ0n) is 14.2. The number of hydrogen-bond acceptors (Lipinski definition) is 9. The molecule has 3 heterocycles. The highest BCUT2D eigenvalue weighted by Gasteiger charge is 2.35. The van der Waals surface area contributed by atoms with Crippen LogP contribution in [0.15, 0.2) is 11.3 Å². The third-order valence-corrected chi connectivity index (χ3v) is 3.71. The molecule has 3 atom stereocenters. The summed E-state index contributed by atoms with van der Waals surface area (Å²) in [7, 11) is 5.14. The summed E-state index contributed by atoms with van der Waals surface area (Å²) in [5, 5.41) is 19.2. The predicted octanol–water partition coefficient (Wildman–Crippen LogP) is -0.338. The van der Waals surface area contributed by atoms with Crippen LogP contribution in [0, 0.1) is 0 Å². The number of nitrogens with one attached hydrogen (secondary N) is 1. The van der Waals surface area contributed by atoms with Gasteiger partial charge < -0.3 is 19.8 Å². The SMILES string of the molecule is CONc1nc(N=CN(C)C)nc2c1ncn2C1CC(O)C(CO)O1. The molecule has 0 aliphatic carbocycles. The van der Waals surface area contributed by atoms with Crippen molar-refractivity contribution in [1.82, 2.24) is 24.4 Å². The Kier molecular flexibility index (Phi) is 5.08. The van der Waals surface area contributed by atoms with Crippen molar-refractivity contribution in [2.24, 2.45) is 4.99 Å². The number of anilines is 1. The van der Waals surface area contributed by atoms with Crippen LogP contribution < -0.4 is 5.48 Å². The van der Waals surface area contributed by atoms with E-state index in [0.717, 1.165) is 0 Å². The third-order valence-electron chi connectivity index (χ3n) is 3.71. The van der Waals surface area contributed by atoms with E-state index < -0.39 is 18.4 Å². The molecule has 25 heavy (non-hydrogen) atoms. The molecule has 3 unspecified atom stereocenters. The van der Waals surface area contributed by atoms with E-state index in [-0.39, 0.29) is 12.6 Å². The van der Waals surface area contributed by atoms with Gasteiger partial charge >= 0.3 is 0 Å². The molecule has 11 heteroatoms. The van der Waals surface area contributed by atoms with Gasteiger partial charge in [-0.25, -0.2) is 15.5 Å². The van der Waals surface area contributed by atoms with Gasteiger partial charge in [0, 0.05) is 20.5 Å². The summed E-state index contributed by atoms with van der Waals surface area (Å²) in [5.41, 5.74) is 3.63. The highest BCUT2D eigenvalue weighted by molar-refractivity contribution is 5.84. The lowest BCUT2D eigenvalue weighted by Gasteiger charge is -2.14. The molecule has 1 saturated heterocycles. The van der Waals surface area contributed by atoms with Crippen molar-refractivity contribution < 1.29 is 19.8 Å². The smallest absolute Gasteiger partial charge is 0.254 e. The Hall–Kier alpha value is -2.34. The summed E-state index contributed by atoms with van der Waals surface area (Å²) >= 11 is 0. The van der Waals surface area contributed by atoms with E-state index in [1.165, 1.54) is 7.11 Å². The van der Waals surface area contributed by atoms with E-state index in [4.69, 9.17) is 9.57 Å². The first-order valence-electron chi connectivity index (χ1n) is 7.72. The lowest BCUT2D eigenvalue weighted by atomic mass is 10.2. The van der Waals surface area contributed by atoms with Crippen LogP contribution in [0.3, 0.4) is 0 Å². The average molecular weight is 351 g/mol. The lowest BCUT2D eigenvalue weighted by Crippen LogP contribution is -2.24. The molecule has 0 radical (unpaired) electrons. The van der Waals surface area contributed by atoms with Crippen LogP contribution >= 0.6 is 0 Å². The molecule has 0 aromatic carbocycles. The monoisotopic (exact) mass is 351 g/mol. The van der Waals surface area contributed by atoms with E-state index >= 15 is 0 Å². The average Bonchev–Trinajstić information content (AvgIpc) is 3.16. The van der Waals surface area contributed by atoms with Crippen molar-refractivity contribution in [3.05, 3.63) is 6.33 Å². The number of imidazole rings is 1. The molecule has 0 saturated carbocycles. The molecular weight excluding hydrogens is 330 g/mol. The molecule has 0 bridgehead atoms. The highest BCUT2D eigenvalue weighted by Crippen LogP contribution is 2.32. The fraction of sp³-hybridized carbons (Fsp3) is 0.571. The second-order valence-corrected chi connectivity index (χ2v) is 5.83. The van der Waals surface area contributed by atoms with E-state index in [1.54, 1.807) is 22.1 Å². The number of fused-ring (bicyclic) bond motifs is 1. The van der Waals surface area contributed by atoms with Gasteiger partial charge in [-0.3, -0.25) is 9.40 Å². The van der Waals surface area contributed by atoms with Gasteiger partial charge in [0.25, 0.3) is 5.95 Å². The van der Waals surface area contributed by atoms with Crippen molar-refractivity contribution in [2.75, 3.05) is 33.3 Å². The van der Waals surface area contributed by atoms with Crippen LogP contribution in [-0.2, 0) is 9.57 Å². The Morgan fingerprint density at radius 2 is 2.32 bits per heavy atom. The van der Waals surface area contributed by atoms with Crippen LogP contribution in [0.5, 0.6) is 0 Å². The Labute approximate surface area is 143 Å². The van der Waals surface area contributed by atoms with Gasteiger partial charge in [0.15, 0.2) is 17.0 Å². The van der Waals surface area contributed by atoms with Gasteiger partial charge in [-0.15, -0.1) is 0 Å². The van der Waals surface area contributed by atoms with Gasteiger partial charge in [-0.05, 0) is 0 Å². The standard InChI is InChI=1S/C14H21N7O4/c1-20(2)6-16-14-17-12(19-24-3)11-13(18-14)21(7-15-11)10-4-8(23)9(5-22)25-10/h6-10,22-23H,4-5H2,1-3H3,(H,17,18,19). The second-order valence-electron chi connectivity index (χ2n) is 5.83. The highest BCUT2D eigenvalue weighted by atomic mass is 16.6. The molecule has 3 N–H and O–H groups in total. The summed E-state index contributed by atoms with van der Waals surface area (Å²) in [5.74, 6) is 0.592. The van der Waals surface area contributed by atoms with Crippen molar-refractivity contribution in [1.29, 1.82) is 0 Å². The Morgan fingerprint density at radius 1 is 1.52 bits per heavy atom. The number of rotatable bonds is 6. The Bertz CT molecular complexity index is 763. The molecule has 2 aromatic heterocycles. The molecule has 0 spiro atoms. The fourth-order valence-electron chi connectivity index (χ4n) is 2.56. The van der Waals surface area contributed by atoms with Gasteiger partial charge in [0.1, 0.15) is 12.3 Å². The maximum absolute atomic E-state index is 9.96. The van der Waals surface area contributed by atoms with E-state index in [9.17, 15) is 10.2 Å². The van der Waals surface area contributed by atoms with Crippen molar-refractivity contribution >= 4 is 29.3 Å². The van der Waals surface area contributed by atoms with Crippen LogP contribution in [0.1, 0.15) is 12.6 Å². The van der Waals surface area contributed by atoms with Crippen LogP contribution in [0.2, 0.25) is 0 Å². The summed E-state index contributed by atoms with van der Waals surface area (Å²) in [4.78, 5) is 23.9. The number of aliphatic hydroxyl groups excluding tert-OH is 2. The van der Waals surface area contributed by atoms with Crippen LogP contribution in [0.4, 0.5) is 11.8 Å². The lowest BCUT2D eigenvalue weighted by molar-refractivity contribution is -0.0432. The number of aromatic nitrogens is 4. The number of aliphatic hydroxyl groups is 2. The summed E-state index contributed by atoms with van der Waals surface area (Å²) < 4.78 is 7.36. The summed E-state index contributed by atoms with van der Waals surface area (Å²) in [6.07, 6.45) is 1.58. The first-order chi connectivity index (χ1) is 12.0. The molecule has 1 aliphatic heterocycles. The molecular formula is C14H21N7O4. The molecule has 2 aromatic rings. The molecule has 11 nitrogen and oxygen atoms in total. The second kappa shape index (κ2) is 7.27. The van der Waals surface area contributed by atoms with Crippen molar-refractivity contribution in [3.63, 3.8) is 0 Å². The zero-order chi connectivity index (χ0) is 18.0. The number of nitrogens with zero attached hydrogens (tertiary/aromatic N) is 6. The van der Waals surface area contributed by atoms with E-state index in [0.29, 0.717) is 23.4 Å². The van der Waals surface area contributed by atoms with Crippen LogP contribution in [0.25, 0.3) is 11.2 Å². The maximum Gasteiger partial charge on any atom is 0.254 e. The fourth-order valence-corrected chi connectivity index (χ4v) is 2.56. The zero-order valence-corrected chi connectivity index (χ0v) is 14.2. The molecule has 136 valence electrons. The van der Waals surface area contributed by atoms with Gasteiger partial charge in [-0.1, -0.05) is 0 Å². The molecule has 0 amide bonds. The summed E-state index contributed by atoms with van der Waals surface area (Å²) in [6.45, 7) is -0.256. The van der Waals surface area contributed by atoms with Crippen LogP contribution in [-0.4, -0.2) is 81.0 Å². The number of hydrogen-bond donors (Lipinski definition) is 3. The van der Waals surface area contributed by atoms with Gasteiger partial charge in [0.05, 0.1) is 32.5 Å². The topological polar surface area (TPSA) is 130 Å². The quantitative estimate of drug-likeness (QED) is 0.363. The minimum Gasteiger partial charge on any atom is -0.394 e. The normalized spacial score (nSPS) is 23.6. The van der Waals surface area contributed by atoms with Crippen molar-refractivity contribution in [3.8, 4) is 0 Å². The number of aliphatic imine (C=N–C) groups is 1. The largest absolute Gasteiger partial charge is 0.394 e. The molecule has 1 fully saturated rings. The minimum atomic E-state index is -0.753. The first kappa shape index (κ1) is 17.5. The predicted molar refractivity (Wildman–Crippen MR) is 89.4 cm³/mol.